The molecule has 1 atom stereocenters. The summed E-state index contributed by atoms with van der Waals surface area (Å²) in [5.74, 6) is 0.0563. The first-order valence-corrected chi connectivity index (χ1v) is 6.35. The van der Waals surface area contributed by atoms with Gasteiger partial charge in [-0.1, -0.05) is 26.2 Å². The first-order valence-electron chi connectivity index (χ1n) is 6.35. The van der Waals surface area contributed by atoms with Gasteiger partial charge in [0.15, 0.2) is 0 Å². The second-order valence-corrected chi connectivity index (χ2v) is 4.09. The fourth-order valence-corrected chi connectivity index (χ4v) is 1.66. The van der Waals surface area contributed by atoms with Crippen molar-refractivity contribution >= 4 is 12.3 Å². The van der Waals surface area contributed by atoms with E-state index in [4.69, 9.17) is 4.74 Å². The molecule has 0 amide bonds. The summed E-state index contributed by atoms with van der Waals surface area (Å²) in [6.45, 7) is 4.39. The van der Waals surface area contributed by atoms with Gasteiger partial charge in [-0.15, -0.1) is 0 Å². The van der Waals surface area contributed by atoms with E-state index in [0.717, 1.165) is 44.8 Å². The molecular weight excluding hydrogens is 204 g/mol. The van der Waals surface area contributed by atoms with E-state index in [9.17, 15) is 9.59 Å². The SMILES string of the molecule is CCCCC(C=O)CCCCC(=O)OCC. The molecule has 16 heavy (non-hydrogen) atoms. The number of unbranched alkanes of at least 4 members (excludes halogenated alkanes) is 2. The third-order valence-electron chi connectivity index (χ3n) is 2.63. The summed E-state index contributed by atoms with van der Waals surface area (Å²) in [6.07, 6.45) is 7.44. The van der Waals surface area contributed by atoms with Crippen molar-refractivity contribution < 1.29 is 14.3 Å². The Labute approximate surface area is 98.6 Å². The summed E-state index contributed by atoms with van der Waals surface area (Å²) >= 11 is 0. The van der Waals surface area contributed by atoms with Crippen molar-refractivity contribution in [2.45, 2.75) is 58.8 Å². The van der Waals surface area contributed by atoms with Crippen LogP contribution < -0.4 is 0 Å². The fourth-order valence-electron chi connectivity index (χ4n) is 1.66. The van der Waals surface area contributed by atoms with Crippen molar-refractivity contribution in [2.75, 3.05) is 6.61 Å². The largest absolute Gasteiger partial charge is 0.466 e. The van der Waals surface area contributed by atoms with Gasteiger partial charge in [0.25, 0.3) is 0 Å². The Morgan fingerprint density at radius 3 is 2.44 bits per heavy atom. The lowest BCUT2D eigenvalue weighted by atomic mass is 9.97. The average molecular weight is 228 g/mol. The van der Waals surface area contributed by atoms with Crippen LogP contribution in [0.2, 0.25) is 0 Å². The first kappa shape index (κ1) is 15.1. The molecule has 94 valence electrons. The van der Waals surface area contributed by atoms with Gasteiger partial charge in [-0.3, -0.25) is 4.79 Å². The maximum Gasteiger partial charge on any atom is 0.305 e. The minimum absolute atomic E-state index is 0.126. The van der Waals surface area contributed by atoms with Crippen LogP contribution in [0, 0.1) is 5.92 Å². The number of hydrogen-bond acceptors (Lipinski definition) is 3. The maximum atomic E-state index is 11.0. The van der Waals surface area contributed by atoms with E-state index in [0.29, 0.717) is 13.0 Å². The molecule has 0 aromatic rings. The molecule has 0 saturated heterocycles. The van der Waals surface area contributed by atoms with E-state index in [1.807, 2.05) is 6.92 Å². The van der Waals surface area contributed by atoms with E-state index in [1.54, 1.807) is 0 Å². The van der Waals surface area contributed by atoms with Crippen LogP contribution >= 0.6 is 0 Å². The summed E-state index contributed by atoms with van der Waals surface area (Å²) in [7, 11) is 0. The summed E-state index contributed by atoms with van der Waals surface area (Å²) in [5, 5.41) is 0. The molecule has 0 spiro atoms. The quantitative estimate of drug-likeness (QED) is 0.328. The smallest absolute Gasteiger partial charge is 0.305 e. The lowest BCUT2D eigenvalue weighted by Crippen LogP contribution is -2.05. The third kappa shape index (κ3) is 8.45. The number of hydrogen-bond donors (Lipinski definition) is 0. The monoisotopic (exact) mass is 228 g/mol. The number of ether oxygens (including phenoxy) is 1. The van der Waals surface area contributed by atoms with Gasteiger partial charge in [0.05, 0.1) is 6.61 Å². The lowest BCUT2D eigenvalue weighted by Gasteiger charge is -2.08. The van der Waals surface area contributed by atoms with Crippen molar-refractivity contribution in [2.24, 2.45) is 5.92 Å². The Balaban J connectivity index is 3.47. The minimum Gasteiger partial charge on any atom is -0.466 e. The van der Waals surface area contributed by atoms with Crippen molar-refractivity contribution in [3.63, 3.8) is 0 Å². The number of esters is 1. The first-order chi connectivity index (χ1) is 7.74. The van der Waals surface area contributed by atoms with Gasteiger partial charge in [-0.05, 0) is 26.2 Å². The highest BCUT2D eigenvalue weighted by Gasteiger charge is 2.07. The summed E-state index contributed by atoms with van der Waals surface area (Å²) < 4.78 is 4.83. The van der Waals surface area contributed by atoms with E-state index < -0.39 is 0 Å². The zero-order valence-electron chi connectivity index (χ0n) is 10.5. The third-order valence-corrected chi connectivity index (χ3v) is 2.63. The zero-order chi connectivity index (χ0) is 12.2. The molecule has 0 aromatic carbocycles. The predicted molar refractivity (Wildman–Crippen MR) is 64.2 cm³/mol. The highest BCUT2D eigenvalue weighted by atomic mass is 16.5. The van der Waals surface area contributed by atoms with Gasteiger partial charge in [-0.2, -0.15) is 0 Å². The highest BCUT2D eigenvalue weighted by molar-refractivity contribution is 5.69. The van der Waals surface area contributed by atoms with Crippen molar-refractivity contribution in [1.29, 1.82) is 0 Å². The molecule has 0 fully saturated rings. The van der Waals surface area contributed by atoms with Gasteiger partial charge < -0.3 is 9.53 Å². The molecule has 3 nitrogen and oxygen atoms in total. The minimum atomic E-state index is -0.126. The van der Waals surface area contributed by atoms with Crippen LogP contribution in [0.25, 0.3) is 0 Å². The standard InChI is InChI=1S/C13H24O3/c1-3-5-8-12(11-14)9-6-7-10-13(15)16-4-2/h11-12H,3-10H2,1-2H3. The normalized spacial score (nSPS) is 12.1. The molecule has 0 N–H and O–H groups in total. The van der Waals surface area contributed by atoms with Gasteiger partial charge in [0, 0.05) is 12.3 Å². The second kappa shape index (κ2) is 10.7. The zero-order valence-corrected chi connectivity index (χ0v) is 10.5. The Morgan fingerprint density at radius 2 is 1.88 bits per heavy atom. The molecular formula is C13H24O3. The van der Waals surface area contributed by atoms with E-state index in [2.05, 4.69) is 6.92 Å². The number of carbonyl (C=O) groups is 2. The topological polar surface area (TPSA) is 43.4 Å². The molecule has 0 heterocycles. The molecule has 0 saturated carbocycles. The van der Waals surface area contributed by atoms with Crippen LogP contribution in [0.1, 0.15) is 58.8 Å². The molecule has 0 rings (SSSR count). The molecule has 0 aliphatic heterocycles. The van der Waals surface area contributed by atoms with E-state index >= 15 is 0 Å². The summed E-state index contributed by atoms with van der Waals surface area (Å²) in [6, 6.07) is 0. The highest BCUT2D eigenvalue weighted by Crippen LogP contribution is 2.14. The number of rotatable bonds is 10. The van der Waals surface area contributed by atoms with Gasteiger partial charge >= 0.3 is 5.97 Å². The Kier molecular flexibility index (Phi) is 10.1. The van der Waals surface area contributed by atoms with Crippen molar-refractivity contribution in [3.05, 3.63) is 0 Å². The van der Waals surface area contributed by atoms with Crippen LogP contribution in [0.3, 0.4) is 0 Å². The van der Waals surface area contributed by atoms with Gasteiger partial charge in [0.2, 0.25) is 0 Å². The second-order valence-electron chi connectivity index (χ2n) is 4.09. The number of aldehydes is 1. The van der Waals surface area contributed by atoms with Crippen molar-refractivity contribution in [1.82, 2.24) is 0 Å². The fraction of sp³-hybridized carbons (Fsp3) is 0.846. The molecule has 0 aliphatic rings. The molecule has 0 bridgehead atoms. The maximum absolute atomic E-state index is 11.0. The van der Waals surface area contributed by atoms with Crippen LogP contribution in [-0.2, 0) is 14.3 Å². The summed E-state index contributed by atoms with van der Waals surface area (Å²) in [4.78, 5) is 21.8. The van der Waals surface area contributed by atoms with Crippen LogP contribution in [0.4, 0.5) is 0 Å². The Hall–Kier alpha value is -0.860. The van der Waals surface area contributed by atoms with Gasteiger partial charge in [0.1, 0.15) is 6.29 Å². The van der Waals surface area contributed by atoms with Crippen molar-refractivity contribution in [3.8, 4) is 0 Å². The van der Waals surface area contributed by atoms with Crippen LogP contribution in [0.5, 0.6) is 0 Å². The predicted octanol–water partition coefficient (Wildman–Crippen LogP) is 3.12. The van der Waals surface area contributed by atoms with Crippen LogP contribution in [0.15, 0.2) is 0 Å². The summed E-state index contributed by atoms with van der Waals surface area (Å²) in [5.41, 5.74) is 0. The van der Waals surface area contributed by atoms with Gasteiger partial charge in [-0.25, -0.2) is 0 Å². The molecule has 0 radical (unpaired) electrons. The van der Waals surface area contributed by atoms with E-state index in [-0.39, 0.29) is 11.9 Å². The Morgan fingerprint density at radius 1 is 1.19 bits per heavy atom. The van der Waals surface area contributed by atoms with Crippen LogP contribution in [-0.4, -0.2) is 18.9 Å². The lowest BCUT2D eigenvalue weighted by molar-refractivity contribution is -0.143. The average Bonchev–Trinajstić information content (AvgIpc) is 2.28. The van der Waals surface area contributed by atoms with E-state index in [1.165, 1.54) is 0 Å². The number of carbonyl (C=O) groups excluding carboxylic acids is 2. The molecule has 1 unspecified atom stereocenters. The Bertz CT molecular complexity index is 190. The molecule has 3 heteroatoms. The molecule has 0 aromatic heterocycles. The molecule has 0 aliphatic carbocycles.